The minimum Gasteiger partial charge on any atom is -0.361 e. The summed E-state index contributed by atoms with van der Waals surface area (Å²) in [7, 11) is 0. The Balaban J connectivity index is 2.04. The minimum atomic E-state index is -0.0184. The van der Waals surface area contributed by atoms with E-state index in [0.717, 1.165) is 16.8 Å². The van der Waals surface area contributed by atoms with E-state index in [1.807, 2.05) is 52.0 Å². The molecule has 0 aliphatic heterocycles. The molecule has 106 valence electrons. The van der Waals surface area contributed by atoms with E-state index in [1.54, 1.807) is 0 Å². The smallest absolute Gasteiger partial charge is 0.225 e. The lowest BCUT2D eigenvalue weighted by Crippen LogP contribution is -2.28. The highest BCUT2D eigenvalue weighted by molar-refractivity contribution is 5.79. The van der Waals surface area contributed by atoms with Crippen molar-refractivity contribution >= 4 is 5.91 Å². The van der Waals surface area contributed by atoms with Gasteiger partial charge in [0.05, 0.1) is 18.2 Å². The van der Waals surface area contributed by atoms with Crippen LogP contribution in [-0.4, -0.2) is 11.1 Å². The lowest BCUT2D eigenvalue weighted by molar-refractivity contribution is -0.121. The summed E-state index contributed by atoms with van der Waals surface area (Å²) in [4.78, 5) is 12.1. The first-order chi connectivity index (χ1) is 9.49. The summed E-state index contributed by atoms with van der Waals surface area (Å²) in [6.45, 7) is 7.72. The molecule has 1 heterocycles. The van der Waals surface area contributed by atoms with Crippen molar-refractivity contribution in [3.8, 4) is 0 Å². The molecular formula is C16H20N2O2. The van der Waals surface area contributed by atoms with Crippen LogP contribution in [0.4, 0.5) is 0 Å². The van der Waals surface area contributed by atoms with Crippen LogP contribution in [0.5, 0.6) is 0 Å². The van der Waals surface area contributed by atoms with Gasteiger partial charge in [-0.05, 0) is 38.8 Å². The van der Waals surface area contributed by atoms with Crippen LogP contribution in [0.3, 0.4) is 0 Å². The number of benzene rings is 1. The topological polar surface area (TPSA) is 55.1 Å². The normalized spacial score (nSPS) is 12.2. The van der Waals surface area contributed by atoms with Crippen LogP contribution in [0.25, 0.3) is 0 Å². The van der Waals surface area contributed by atoms with E-state index in [9.17, 15) is 4.79 Å². The minimum absolute atomic E-state index is 0.0100. The van der Waals surface area contributed by atoms with Gasteiger partial charge in [0.15, 0.2) is 0 Å². The predicted octanol–water partition coefficient (Wildman–Crippen LogP) is 3.02. The van der Waals surface area contributed by atoms with Gasteiger partial charge >= 0.3 is 0 Å². The average Bonchev–Trinajstić information content (AvgIpc) is 2.71. The molecule has 0 fully saturated rings. The summed E-state index contributed by atoms with van der Waals surface area (Å²) in [6.07, 6.45) is 0.303. The number of aryl methyl sites for hydroxylation is 3. The van der Waals surface area contributed by atoms with Gasteiger partial charge in [0.2, 0.25) is 5.91 Å². The van der Waals surface area contributed by atoms with Crippen molar-refractivity contribution in [2.75, 3.05) is 0 Å². The summed E-state index contributed by atoms with van der Waals surface area (Å²) in [6, 6.07) is 8.06. The van der Waals surface area contributed by atoms with Crippen molar-refractivity contribution < 1.29 is 9.32 Å². The zero-order valence-corrected chi connectivity index (χ0v) is 12.4. The first-order valence-corrected chi connectivity index (χ1v) is 6.75. The largest absolute Gasteiger partial charge is 0.361 e. The van der Waals surface area contributed by atoms with E-state index in [2.05, 4.69) is 10.5 Å². The van der Waals surface area contributed by atoms with Crippen molar-refractivity contribution in [3.05, 3.63) is 52.4 Å². The number of amides is 1. The van der Waals surface area contributed by atoms with Gasteiger partial charge in [-0.15, -0.1) is 0 Å². The molecule has 0 bridgehead atoms. The summed E-state index contributed by atoms with van der Waals surface area (Å²) < 4.78 is 5.07. The van der Waals surface area contributed by atoms with Crippen LogP contribution < -0.4 is 5.32 Å². The van der Waals surface area contributed by atoms with Crippen LogP contribution in [0.15, 0.2) is 28.8 Å². The second-order valence-corrected chi connectivity index (χ2v) is 5.13. The number of carbonyl (C=O) groups excluding carboxylic acids is 1. The highest BCUT2D eigenvalue weighted by Gasteiger charge is 2.16. The van der Waals surface area contributed by atoms with Gasteiger partial charge in [-0.3, -0.25) is 4.79 Å². The number of nitrogens with zero attached hydrogens (tertiary/aromatic N) is 1. The number of hydrogen-bond donors (Lipinski definition) is 1. The molecule has 20 heavy (non-hydrogen) atoms. The third kappa shape index (κ3) is 3.07. The average molecular weight is 272 g/mol. The van der Waals surface area contributed by atoms with Gasteiger partial charge < -0.3 is 9.84 Å². The third-order valence-electron chi connectivity index (χ3n) is 3.55. The van der Waals surface area contributed by atoms with E-state index >= 15 is 0 Å². The Bertz CT molecular complexity index is 597. The molecule has 1 aromatic heterocycles. The Kier molecular flexibility index (Phi) is 4.23. The monoisotopic (exact) mass is 272 g/mol. The molecule has 2 rings (SSSR count). The summed E-state index contributed by atoms with van der Waals surface area (Å²) in [5.41, 5.74) is 3.97. The van der Waals surface area contributed by atoms with Crippen molar-refractivity contribution in [1.29, 1.82) is 0 Å². The maximum absolute atomic E-state index is 12.1. The Morgan fingerprint density at radius 2 is 2.00 bits per heavy atom. The quantitative estimate of drug-likeness (QED) is 0.930. The fraction of sp³-hybridized carbons (Fsp3) is 0.375. The van der Waals surface area contributed by atoms with E-state index in [-0.39, 0.29) is 11.9 Å². The molecule has 0 spiro atoms. The molecule has 2 aromatic rings. The molecule has 1 unspecified atom stereocenters. The Labute approximate surface area is 119 Å². The second-order valence-electron chi connectivity index (χ2n) is 5.13. The Hall–Kier alpha value is -2.10. The van der Waals surface area contributed by atoms with Gasteiger partial charge in [0.1, 0.15) is 5.76 Å². The van der Waals surface area contributed by atoms with Crippen molar-refractivity contribution in [2.24, 2.45) is 0 Å². The van der Waals surface area contributed by atoms with Gasteiger partial charge in [0.25, 0.3) is 0 Å². The van der Waals surface area contributed by atoms with Crippen LogP contribution in [-0.2, 0) is 11.2 Å². The molecule has 0 saturated heterocycles. The van der Waals surface area contributed by atoms with Gasteiger partial charge in [-0.1, -0.05) is 29.4 Å². The number of rotatable bonds is 4. The SMILES string of the molecule is Cc1ccccc1C(C)NC(=O)Cc1c(C)noc1C. The number of hydrogen-bond acceptors (Lipinski definition) is 3. The van der Waals surface area contributed by atoms with Crippen molar-refractivity contribution in [2.45, 2.75) is 40.2 Å². The number of aromatic nitrogens is 1. The van der Waals surface area contributed by atoms with E-state index in [4.69, 9.17) is 4.52 Å². The molecular weight excluding hydrogens is 252 g/mol. The molecule has 1 atom stereocenters. The van der Waals surface area contributed by atoms with E-state index in [1.165, 1.54) is 5.56 Å². The zero-order valence-electron chi connectivity index (χ0n) is 12.4. The fourth-order valence-electron chi connectivity index (χ4n) is 2.36. The lowest BCUT2D eigenvalue weighted by Gasteiger charge is -2.16. The molecule has 0 aliphatic carbocycles. The first-order valence-electron chi connectivity index (χ1n) is 6.75. The number of nitrogens with one attached hydrogen (secondary N) is 1. The standard InChI is InChI=1S/C16H20N2O2/c1-10-7-5-6-8-14(10)11(2)17-16(19)9-15-12(3)18-20-13(15)4/h5-8,11H,9H2,1-4H3,(H,17,19). The highest BCUT2D eigenvalue weighted by Crippen LogP contribution is 2.18. The van der Waals surface area contributed by atoms with Crippen molar-refractivity contribution in [3.63, 3.8) is 0 Å². The molecule has 1 aromatic carbocycles. The Morgan fingerprint density at radius 1 is 1.30 bits per heavy atom. The highest BCUT2D eigenvalue weighted by atomic mass is 16.5. The van der Waals surface area contributed by atoms with Gasteiger partial charge in [0, 0.05) is 5.56 Å². The summed E-state index contributed by atoms with van der Waals surface area (Å²) in [5.74, 6) is 0.691. The molecule has 4 heteroatoms. The third-order valence-corrected chi connectivity index (χ3v) is 3.55. The molecule has 0 radical (unpaired) electrons. The van der Waals surface area contributed by atoms with Crippen LogP contribution >= 0.6 is 0 Å². The van der Waals surface area contributed by atoms with E-state index < -0.39 is 0 Å². The lowest BCUT2D eigenvalue weighted by atomic mass is 10.0. The van der Waals surface area contributed by atoms with Crippen LogP contribution in [0, 0.1) is 20.8 Å². The molecule has 0 aliphatic rings. The molecule has 1 N–H and O–H groups in total. The first kappa shape index (κ1) is 14.3. The fourth-order valence-corrected chi connectivity index (χ4v) is 2.36. The number of carbonyl (C=O) groups is 1. The van der Waals surface area contributed by atoms with Crippen LogP contribution in [0.2, 0.25) is 0 Å². The van der Waals surface area contributed by atoms with Gasteiger partial charge in [-0.25, -0.2) is 0 Å². The molecule has 1 amide bonds. The van der Waals surface area contributed by atoms with E-state index in [0.29, 0.717) is 12.2 Å². The van der Waals surface area contributed by atoms with Crippen molar-refractivity contribution in [1.82, 2.24) is 10.5 Å². The zero-order chi connectivity index (χ0) is 14.7. The predicted molar refractivity (Wildman–Crippen MR) is 77.4 cm³/mol. The summed E-state index contributed by atoms with van der Waals surface area (Å²) in [5, 5.41) is 6.89. The summed E-state index contributed by atoms with van der Waals surface area (Å²) >= 11 is 0. The Morgan fingerprint density at radius 3 is 2.60 bits per heavy atom. The van der Waals surface area contributed by atoms with Gasteiger partial charge in [-0.2, -0.15) is 0 Å². The maximum Gasteiger partial charge on any atom is 0.225 e. The molecule has 0 saturated carbocycles. The second kappa shape index (κ2) is 5.90. The maximum atomic E-state index is 12.1. The van der Waals surface area contributed by atoms with Crippen LogP contribution in [0.1, 0.15) is 41.1 Å². The molecule has 4 nitrogen and oxygen atoms in total.